The molecule has 2 N–H and O–H groups in total. The van der Waals surface area contributed by atoms with Gasteiger partial charge in [0.2, 0.25) is 0 Å². The lowest BCUT2D eigenvalue weighted by Crippen LogP contribution is -2.16. The fourth-order valence-corrected chi connectivity index (χ4v) is 4.30. The van der Waals surface area contributed by atoms with Gasteiger partial charge in [0.05, 0.1) is 6.33 Å². The average Bonchev–Trinajstić information content (AvgIpc) is 3.24. The number of fused-ring (bicyclic) bond motifs is 1. The summed E-state index contributed by atoms with van der Waals surface area (Å²) in [5.74, 6) is 2.64. The first-order valence-corrected chi connectivity index (χ1v) is 10.9. The molecule has 1 aliphatic rings. The predicted molar refractivity (Wildman–Crippen MR) is 123 cm³/mol. The van der Waals surface area contributed by atoms with Crippen molar-refractivity contribution in [3.8, 4) is 17.1 Å². The number of hydrogen-bond acceptors (Lipinski definition) is 5. The first-order chi connectivity index (χ1) is 15.2. The Bertz CT molecular complexity index is 1160. The number of nitrogens with two attached hydrogens (primary N) is 1. The van der Waals surface area contributed by atoms with Crippen molar-refractivity contribution < 1.29 is 4.74 Å². The molecular weight excluding hydrogens is 386 g/mol. The van der Waals surface area contributed by atoms with Crippen LogP contribution in [-0.4, -0.2) is 19.5 Å². The minimum atomic E-state index is 0.423. The summed E-state index contributed by atoms with van der Waals surface area (Å²) in [6.07, 6.45) is 6.66. The number of anilines is 1. The van der Waals surface area contributed by atoms with Crippen LogP contribution in [0.25, 0.3) is 22.6 Å². The number of imidazole rings is 1. The molecule has 2 aromatic heterocycles. The second kappa shape index (κ2) is 8.38. The van der Waals surface area contributed by atoms with Gasteiger partial charge in [-0.25, -0.2) is 15.0 Å². The SMILES string of the molecule is CC1CCC(n2cnc3c(N)nc(-c4ccc(OCc5ccccc5)cc4)nc32)CC1. The monoisotopic (exact) mass is 413 g/mol. The van der Waals surface area contributed by atoms with Crippen LogP contribution in [-0.2, 0) is 6.61 Å². The maximum absolute atomic E-state index is 6.25. The zero-order valence-corrected chi connectivity index (χ0v) is 17.7. The standard InChI is InChI=1S/C25H27N5O/c1-17-7-11-20(12-8-17)30-16-27-22-23(26)28-24(29-25(22)30)19-9-13-21(14-10-19)31-15-18-5-3-2-4-6-18/h2-6,9-10,13-14,16-17,20H,7-8,11-12,15H2,1H3,(H2,26,28,29). The van der Waals surface area contributed by atoms with Gasteiger partial charge in [0.15, 0.2) is 17.3 Å². The Hall–Kier alpha value is -3.41. The zero-order chi connectivity index (χ0) is 21.2. The number of ether oxygens (including phenoxy) is 1. The van der Waals surface area contributed by atoms with Crippen molar-refractivity contribution in [3.05, 3.63) is 66.5 Å². The number of hydrogen-bond donors (Lipinski definition) is 1. The molecule has 5 rings (SSSR count). The van der Waals surface area contributed by atoms with E-state index in [4.69, 9.17) is 15.5 Å². The summed E-state index contributed by atoms with van der Waals surface area (Å²) in [5.41, 5.74) is 9.81. The topological polar surface area (TPSA) is 78.9 Å². The zero-order valence-electron chi connectivity index (χ0n) is 17.7. The Morgan fingerprint density at radius 1 is 0.968 bits per heavy atom. The van der Waals surface area contributed by atoms with Gasteiger partial charge in [-0.3, -0.25) is 0 Å². The molecule has 2 aromatic carbocycles. The molecule has 0 radical (unpaired) electrons. The molecule has 6 heteroatoms. The van der Waals surface area contributed by atoms with E-state index >= 15 is 0 Å². The van der Waals surface area contributed by atoms with Gasteiger partial charge in [-0.2, -0.15) is 0 Å². The lowest BCUT2D eigenvalue weighted by atomic mass is 9.87. The van der Waals surface area contributed by atoms with E-state index in [0.717, 1.165) is 41.3 Å². The van der Waals surface area contributed by atoms with Gasteiger partial charge in [-0.05, 0) is 61.4 Å². The van der Waals surface area contributed by atoms with E-state index in [-0.39, 0.29) is 0 Å². The molecule has 1 fully saturated rings. The number of nitrogens with zero attached hydrogens (tertiary/aromatic N) is 4. The summed E-state index contributed by atoms with van der Waals surface area (Å²) >= 11 is 0. The normalized spacial score (nSPS) is 18.9. The van der Waals surface area contributed by atoms with Crippen molar-refractivity contribution in [3.63, 3.8) is 0 Å². The Morgan fingerprint density at radius 3 is 2.45 bits per heavy atom. The second-order valence-electron chi connectivity index (χ2n) is 8.47. The minimum Gasteiger partial charge on any atom is -0.489 e. The predicted octanol–water partition coefficient (Wildman–Crippen LogP) is 5.41. The molecule has 0 amide bonds. The summed E-state index contributed by atoms with van der Waals surface area (Å²) in [7, 11) is 0. The van der Waals surface area contributed by atoms with Gasteiger partial charge in [-0.15, -0.1) is 0 Å². The molecule has 4 aromatic rings. The van der Waals surface area contributed by atoms with Gasteiger partial charge < -0.3 is 15.0 Å². The summed E-state index contributed by atoms with van der Waals surface area (Å²) in [5, 5.41) is 0. The highest BCUT2D eigenvalue weighted by atomic mass is 16.5. The molecule has 0 unspecified atom stereocenters. The molecule has 1 saturated carbocycles. The van der Waals surface area contributed by atoms with Crippen molar-refractivity contribution in [1.29, 1.82) is 0 Å². The maximum Gasteiger partial charge on any atom is 0.166 e. The Labute approximate surface area is 182 Å². The first-order valence-electron chi connectivity index (χ1n) is 10.9. The number of nitrogen functional groups attached to an aromatic ring is 1. The fourth-order valence-electron chi connectivity index (χ4n) is 4.30. The molecule has 6 nitrogen and oxygen atoms in total. The van der Waals surface area contributed by atoms with Crippen LogP contribution in [0.2, 0.25) is 0 Å². The second-order valence-corrected chi connectivity index (χ2v) is 8.47. The number of rotatable bonds is 5. The van der Waals surface area contributed by atoms with Gasteiger partial charge in [0, 0.05) is 11.6 Å². The van der Waals surface area contributed by atoms with E-state index in [1.807, 2.05) is 48.8 Å². The van der Waals surface area contributed by atoms with Crippen LogP contribution in [0.15, 0.2) is 60.9 Å². The van der Waals surface area contributed by atoms with Gasteiger partial charge in [0.1, 0.15) is 17.9 Å². The Balaban J connectivity index is 1.38. The Kier molecular flexibility index (Phi) is 5.28. The van der Waals surface area contributed by atoms with Crippen molar-refractivity contribution >= 4 is 17.0 Å². The minimum absolute atomic E-state index is 0.423. The van der Waals surface area contributed by atoms with Crippen LogP contribution in [0.1, 0.15) is 44.2 Å². The van der Waals surface area contributed by atoms with E-state index in [0.29, 0.717) is 29.8 Å². The largest absolute Gasteiger partial charge is 0.489 e. The Morgan fingerprint density at radius 2 is 1.71 bits per heavy atom. The summed E-state index contributed by atoms with van der Waals surface area (Å²) in [6, 6.07) is 18.4. The van der Waals surface area contributed by atoms with E-state index in [2.05, 4.69) is 33.6 Å². The van der Waals surface area contributed by atoms with Crippen LogP contribution >= 0.6 is 0 Å². The first kappa shape index (κ1) is 19.5. The molecule has 0 spiro atoms. The van der Waals surface area contributed by atoms with Crippen molar-refractivity contribution in [2.45, 2.75) is 45.3 Å². The van der Waals surface area contributed by atoms with E-state index < -0.39 is 0 Å². The highest BCUT2D eigenvalue weighted by Gasteiger charge is 2.23. The van der Waals surface area contributed by atoms with Crippen molar-refractivity contribution in [2.75, 3.05) is 5.73 Å². The van der Waals surface area contributed by atoms with Crippen molar-refractivity contribution in [2.24, 2.45) is 5.92 Å². The fraction of sp³-hybridized carbons (Fsp3) is 0.320. The van der Waals surface area contributed by atoms with Crippen LogP contribution < -0.4 is 10.5 Å². The maximum atomic E-state index is 6.25. The molecule has 2 heterocycles. The van der Waals surface area contributed by atoms with Gasteiger partial charge >= 0.3 is 0 Å². The highest BCUT2D eigenvalue weighted by molar-refractivity contribution is 5.84. The average molecular weight is 414 g/mol. The molecule has 0 atom stereocenters. The molecule has 31 heavy (non-hydrogen) atoms. The third-order valence-electron chi connectivity index (χ3n) is 6.19. The van der Waals surface area contributed by atoms with Crippen LogP contribution in [0, 0.1) is 5.92 Å². The third-order valence-corrected chi connectivity index (χ3v) is 6.19. The lowest BCUT2D eigenvalue weighted by molar-refractivity contribution is 0.293. The molecule has 158 valence electrons. The lowest BCUT2D eigenvalue weighted by Gasteiger charge is -2.27. The number of benzene rings is 2. The molecular formula is C25H27N5O. The molecule has 0 saturated heterocycles. The van der Waals surface area contributed by atoms with E-state index in [1.54, 1.807) is 0 Å². The summed E-state index contributed by atoms with van der Waals surface area (Å²) < 4.78 is 8.09. The van der Waals surface area contributed by atoms with E-state index in [9.17, 15) is 0 Å². The summed E-state index contributed by atoms with van der Waals surface area (Å²) in [4.78, 5) is 13.9. The number of aromatic nitrogens is 4. The molecule has 0 aliphatic heterocycles. The van der Waals surface area contributed by atoms with Gasteiger partial charge in [0.25, 0.3) is 0 Å². The quantitative estimate of drug-likeness (QED) is 0.473. The summed E-state index contributed by atoms with van der Waals surface area (Å²) in [6.45, 7) is 2.86. The van der Waals surface area contributed by atoms with E-state index in [1.165, 1.54) is 12.8 Å². The van der Waals surface area contributed by atoms with Crippen molar-refractivity contribution in [1.82, 2.24) is 19.5 Å². The third kappa shape index (κ3) is 4.10. The highest BCUT2D eigenvalue weighted by Crippen LogP contribution is 2.34. The van der Waals surface area contributed by atoms with Crippen LogP contribution in [0.4, 0.5) is 5.82 Å². The van der Waals surface area contributed by atoms with Crippen LogP contribution in [0.5, 0.6) is 5.75 Å². The van der Waals surface area contributed by atoms with Gasteiger partial charge in [-0.1, -0.05) is 37.3 Å². The molecule has 0 bridgehead atoms. The smallest absolute Gasteiger partial charge is 0.166 e. The van der Waals surface area contributed by atoms with Crippen LogP contribution in [0.3, 0.4) is 0 Å². The molecule has 1 aliphatic carbocycles.